The Morgan fingerprint density at radius 3 is 2.85 bits per heavy atom. The minimum atomic E-state index is -0.382. The number of pyridine rings is 1. The molecular weight excluding hydrogens is 413 g/mol. The standard InChI is InChI=1S/C18H20ClN3O3.2ClH/c1-12-17(21-8-9-24-12)18(23)22-13-5-6-16(15(19)10-13)25-11-14-4-2-3-7-20-14;;/h2-7,10,12,17,21H,8-9,11H2,1H3,(H,22,23);2*1H/t12-,17+;;/m1../s1. The zero-order valence-electron chi connectivity index (χ0n) is 14.7. The van der Waals surface area contributed by atoms with Crippen molar-refractivity contribution in [3.05, 3.63) is 53.3 Å². The van der Waals surface area contributed by atoms with E-state index in [4.69, 9.17) is 21.1 Å². The fourth-order valence-corrected chi connectivity index (χ4v) is 2.81. The molecule has 27 heavy (non-hydrogen) atoms. The predicted octanol–water partition coefficient (Wildman–Crippen LogP) is 3.47. The predicted molar refractivity (Wildman–Crippen MR) is 110 cm³/mol. The van der Waals surface area contributed by atoms with Crippen LogP contribution in [0.4, 0.5) is 5.69 Å². The lowest BCUT2D eigenvalue weighted by Crippen LogP contribution is -2.53. The number of anilines is 1. The summed E-state index contributed by atoms with van der Waals surface area (Å²) in [6, 6.07) is 10.4. The van der Waals surface area contributed by atoms with Crippen LogP contribution in [0.1, 0.15) is 12.6 Å². The number of morpholine rings is 1. The van der Waals surface area contributed by atoms with Crippen LogP contribution in [0.2, 0.25) is 5.02 Å². The molecule has 1 amide bonds. The van der Waals surface area contributed by atoms with Crippen LogP contribution in [0.25, 0.3) is 0 Å². The third kappa shape index (κ3) is 6.52. The fourth-order valence-electron chi connectivity index (χ4n) is 2.58. The van der Waals surface area contributed by atoms with Crippen molar-refractivity contribution in [3.63, 3.8) is 0 Å². The van der Waals surface area contributed by atoms with Gasteiger partial charge >= 0.3 is 0 Å². The molecule has 0 saturated carbocycles. The van der Waals surface area contributed by atoms with E-state index >= 15 is 0 Å². The van der Waals surface area contributed by atoms with Crippen LogP contribution >= 0.6 is 36.4 Å². The summed E-state index contributed by atoms with van der Waals surface area (Å²) in [6.07, 6.45) is 1.54. The summed E-state index contributed by atoms with van der Waals surface area (Å²) in [4.78, 5) is 16.5. The summed E-state index contributed by atoms with van der Waals surface area (Å²) in [6.45, 7) is 3.47. The van der Waals surface area contributed by atoms with Crippen molar-refractivity contribution in [3.8, 4) is 5.75 Å². The Hall–Kier alpha value is -1.57. The number of rotatable bonds is 5. The van der Waals surface area contributed by atoms with Crippen LogP contribution in [0, 0.1) is 0 Å². The number of nitrogens with zero attached hydrogens (tertiary/aromatic N) is 1. The van der Waals surface area contributed by atoms with Crippen molar-refractivity contribution in [1.82, 2.24) is 10.3 Å². The molecule has 0 unspecified atom stereocenters. The van der Waals surface area contributed by atoms with E-state index in [-0.39, 0.29) is 42.9 Å². The average molecular weight is 435 g/mol. The van der Waals surface area contributed by atoms with Crippen LogP contribution in [0.15, 0.2) is 42.6 Å². The van der Waals surface area contributed by atoms with Crippen molar-refractivity contribution < 1.29 is 14.3 Å². The number of carbonyl (C=O) groups is 1. The zero-order valence-corrected chi connectivity index (χ0v) is 17.1. The van der Waals surface area contributed by atoms with E-state index in [0.29, 0.717) is 36.2 Å². The Bertz CT molecular complexity index is 734. The first-order valence-electron chi connectivity index (χ1n) is 8.11. The SMILES string of the molecule is C[C@H]1OCCN[C@@H]1C(=O)Nc1ccc(OCc2ccccn2)c(Cl)c1.Cl.Cl. The molecule has 2 heterocycles. The highest BCUT2D eigenvalue weighted by Gasteiger charge is 2.28. The van der Waals surface area contributed by atoms with E-state index in [2.05, 4.69) is 15.6 Å². The lowest BCUT2D eigenvalue weighted by molar-refractivity contribution is -0.123. The highest BCUT2D eigenvalue weighted by molar-refractivity contribution is 6.32. The molecule has 0 radical (unpaired) electrons. The number of amides is 1. The number of halogens is 3. The number of hydrogen-bond donors (Lipinski definition) is 2. The molecule has 1 aliphatic heterocycles. The fraction of sp³-hybridized carbons (Fsp3) is 0.333. The van der Waals surface area contributed by atoms with Gasteiger partial charge in [0.1, 0.15) is 18.4 Å². The van der Waals surface area contributed by atoms with Gasteiger partial charge in [0.2, 0.25) is 5.91 Å². The summed E-state index contributed by atoms with van der Waals surface area (Å²) in [5, 5.41) is 6.43. The van der Waals surface area contributed by atoms with Crippen LogP contribution < -0.4 is 15.4 Å². The van der Waals surface area contributed by atoms with E-state index in [1.165, 1.54) is 0 Å². The molecule has 6 nitrogen and oxygen atoms in total. The summed E-state index contributed by atoms with van der Waals surface area (Å²) in [7, 11) is 0. The molecule has 0 aliphatic carbocycles. The van der Waals surface area contributed by atoms with E-state index in [1.807, 2.05) is 25.1 Å². The normalized spacial score (nSPS) is 18.6. The molecule has 1 saturated heterocycles. The van der Waals surface area contributed by atoms with Gasteiger partial charge in [0.05, 0.1) is 23.4 Å². The van der Waals surface area contributed by atoms with Crippen molar-refractivity contribution >= 4 is 48.0 Å². The maximum atomic E-state index is 12.3. The van der Waals surface area contributed by atoms with E-state index in [1.54, 1.807) is 24.4 Å². The molecule has 2 N–H and O–H groups in total. The smallest absolute Gasteiger partial charge is 0.244 e. The number of benzene rings is 1. The molecule has 1 fully saturated rings. The average Bonchev–Trinajstić information content (AvgIpc) is 2.62. The molecule has 148 valence electrons. The van der Waals surface area contributed by atoms with E-state index < -0.39 is 0 Å². The first-order valence-corrected chi connectivity index (χ1v) is 8.49. The Morgan fingerprint density at radius 2 is 2.19 bits per heavy atom. The lowest BCUT2D eigenvalue weighted by Gasteiger charge is -2.29. The minimum Gasteiger partial charge on any atom is -0.486 e. The summed E-state index contributed by atoms with van der Waals surface area (Å²) in [5.74, 6) is 0.392. The van der Waals surface area contributed by atoms with Gasteiger partial charge in [0.25, 0.3) is 0 Å². The van der Waals surface area contributed by atoms with Gasteiger partial charge in [-0.2, -0.15) is 0 Å². The van der Waals surface area contributed by atoms with E-state index in [0.717, 1.165) is 5.69 Å². The molecule has 0 spiro atoms. The van der Waals surface area contributed by atoms with Crippen LogP contribution in [-0.4, -0.2) is 36.2 Å². The van der Waals surface area contributed by atoms with Crippen molar-refractivity contribution in [2.24, 2.45) is 0 Å². The van der Waals surface area contributed by atoms with Gasteiger partial charge in [0, 0.05) is 18.4 Å². The van der Waals surface area contributed by atoms with Crippen LogP contribution in [-0.2, 0) is 16.1 Å². The Labute approximate surface area is 175 Å². The van der Waals surface area contributed by atoms with Gasteiger partial charge in [-0.3, -0.25) is 9.78 Å². The van der Waals surface area contributed by atoms with Gasteiger partial charge in [-0.15, -0.1) is 24.8 Å². The molecule has 2 atom stereocenters. The summed E-state index contributed by atoms with van der Waals surface area (Å²) < 4.78 is 11.2. The van der Waals surface area contributed by atoms with Gasteiger partial charge < -0.3 is 20.1 Å². The number of carbonyl (C=O) groups excluding carboxylic acids is 1. The molecule has 1 aromatic heterocycles. The summed E-state index contributed by atoms with van der Waals surface area (Å²) in [5.41, 5.74) is 1.42. The topological polar surface area (TPSA) is 72.5 Å². The third-order valence-electron chi connectivity index (χ3n) is 3.90. The maximum Gasteiger partial charge on any atom is 0.244 e. The molecule has 9 heteroatoms. The van der Waals surface area contributed by atoms with Crippen LogP contribution in [0.5, 0.6) is 5.75 Å². The molecule has 3 rings (SSSR count). The van der Waals surface area contributed by atoms with Crippen molar-refractivity contribution in [1.29, 1.82) is 0 Å². The minimum absolute atomic E-state index is 0. The van der Waals surface area contributed by atoms with Gasteiger partial charge in [-0.25, -0.2) is 0 Å². The Morgan fingerprint density at radius 1 is 1.37 bits per heavy atom. The second-order valence-electron chi connectivity index (χ2n) is 5.75. The Kier molecular flexibility index (Phi) is 9.83. The maximum absolute atomic E-state index is 12.3. The quantitative estimate of drug-likeness (QED) is 0.754. The highest BCUT2D eigenvalue weighted by atomic mass is 35.5. The van der Waals surface area contributed by atoms with Gasteiger partial charge in [0.15, 0.2) is 0 Å². The second kappa shape index (κ2) is 11.3. The van der Waals surface area contributed by atoms with Crippen LogP contribution in [0.3, 0.4) is 0 Å². The molecular formula is C18H22Cl3N3O3. The number of aromatic nitrogens is 1. The van der Waals surface area contributed by atoms with Crippen molar-refractivity contribution in [2.75, 3.05) is 18.5 Å². The lowest BCUT2D eigenvalue weighted by atomic mass is 10.1. The van der Waals surface area contributed by atoms with E-state index in [9.17, 15) is 4.79 Å². The monoisotopic (exact) mass is 433 g/mol. The van der Waals surface area contributed by atoms with Gasteiger partial charge in [-0.05, 0) is 37.3 Å². The number of ether oxygens (including phenoxy) is 2. The molecule has 1 aromatic carbocycles. The summed E-state index contributed by atoms with van der Waals surface area (Å²) >= 11 is 6.26. The number of nitrogens with one attached hydrogen (secondary N) is 2. The second-order valence-corrected chi connectivity index (χ2v) is 6.16. The molecule has 0 bridgehead atoms. The highest BCUT2D eigenvalue weighted by Crippen LogP contribution is 2.28. The first-order chi connectivity index (χ1) is 12.1. The Balaban J connectivity index is 0.00000182. The van der Waals surface area contributed by atoms with Gasteiger partial charge in [-0.1, -0.05) is 17.7 Å². The molecule has 2 aromatic rings. The number of hydrogen-bond acceptors (Lipinski definition) is 5. The van der Waals surface area contributed by atoms with Crippen molar-refractivity contribution in [2.45, 2.75) is 25.7 Å². The third-order valence-corrected chi connectivity index (χ3v) is 4.20. The molecule has 1 aliphatic rings. The zero-order chi connectivity index (χ0) is 17.6. The first kappa shape index (κ1) is 23.5. The largest absolute Gasteiger partial charge is 0.486 e.